The summed E-state index contributed by atoms with van der Waals surface area (Å²) in [7, 11) is 0. The Hall–Kier alpha value is -0.534. The van der Waals surface area contributed by atoms with Crippen LogP contribution in [0.25, 0.3) is 0 Å². The number of hydrogen-bond donors (Lipinski definition) is 7. The first-order valence-electron chi connectivity index (χ1n) is 6.18. The molecule has 1 aliphatic heterocycles. The highest BCUT2D eigenvalue weighted by atomic mass is 24.3. The molecule has 0 aromatic rings. The monoisotopic (exact) mass is 333 g/mol. The number of carboxylic acids is 1. The van der Waals surface area contributed by atoms with E-state index >= 15 is 0 Å². The lowest BCUT2D eigenvalue weighted by atomic mass is 9.88. The highest BCUT2D eigenvalue weighted by Crippen LogP contribution is 2.30. The zero-order chi connectivity index (χ0) is 16.4. The molecule has 11 heteroatoms. The fraction of sp³-hybridized carbons (Fsp3) is 0.818. The van der Waals surface area contributed by atoms with Crippen LogP contribution in [-0.2, 0) is 14.3 Å². The summed E-state index contributed by atoms with van der Waals surface area (Å²) >= 11 is 0. The Morgan fingerprint density at radius 2 is 1.95 bits per heavy atom. The van der Waals surface area contributed by atoms with Gasteiger partial charge in [0, 0.05) is 36.4 Å². The second-order valence-corrected chi connectivity index (χ2v) is 4.91. The molecular formula is C11H19MgNO9. The third-order valence-corrected chi connectivity index (χ3v) is 3.21. The van der Waals surface area contributed by atoms with Gasteiger partial charge in [0.1, 0.15) is 18.3 Å². The van der Waals surface area contributed by atoms with E-state index in [9.17, 15) is 30.0 Å². The van der Waals surface area contributed by atoms with Crippen molar-refractivity contribution in [2.45, 2.75) is 49.6 Å². The fourth-order valence-corrected chi connectivity index (χ4v) is 2.14. The van der Waals surface area contributed by atoms with Crippen LogP contribution in [0.2, 0.25) is 0 Å². The second kappa shape index (κ2) is 8.36. The van der Waals surface area contributed by atoms with Gasteiger partial charge in [-0.2, -0.15) is 0 Å². The number of rotatable bonds is 5. The average molecular weight is 334 g/mol. The number of aliphatic carboxylic acids is 1. The van der Waals surface area contributed by atoms with Crippen molar-refractivity contribution in [1.29, 1.82) is 0 Å². The van der Waals surface area contributed by atoms with Crippen LogP contribution in [0.15, 0.2) is 0 Å². The molecule has 0 unspecified atom stereocenters. The Kier molecular flexibility index (Phi) is 8.15. The highest BCUT2D eigenvalue weighted by Gasteiger charge is 2.53. The van der Waals surface area contributed by atoms with E-state index in [0.717, 1.165) is 6.92 Å². The standard InChI is InChI=1S/C11H19NO9.Mg/c1-4(14)12-7-5(15)2-11(20,10(18)19)21-9(7)8(17)6(16)3-13;/h5-9,13,15-17,20H,2-3H2,1H3,(H,12,14)(H,18,19);/t5-,6+,7+,8+,9+,11-;/m0./s1. The summed E-state index contributed by atoms with van der Waals surface area (Å²) in [6.07, 6.45) is -7.48. The Balaban J connectivity index is 0.00000441. The van der Waals surface area contributed by atoms with Gasteiger partial charge < -0.3 is 40.7 Å². The predicted octanol–water partition coefficient (Wildman–Crippen LogP) is -4.25. The summed E-state index contributed by atoms with van der Waals surface area (Å²) in [4.78, 5) is 22.1. The van der Waals surface area contributed by atoms with Crippen molar-refractivity contribution >= 4 is 34.9 Å². The van der Waals surface area contributed by atoms with Gasteiger partial charge >= 0.3 is 5.97 Å². The van der Waals surface area contributed by atoms with E-state index in [-0.39, 0.29) is 23.1 Å². The Morgan fingerprint density at radius 3 is 2.36 bits per heavy atom. The van der Waals surface area contributed by atoms with Crippen molar-refractivity contribution < 1.29 is 45.0 Å². The lowest BCUT2D eigenvalue weighted by Gasteiger charge is -2.44. The molecule has 124 valence electrons. The quantitative estimate of drug-likeness (QED) is 0.245. The van der Waals surface area contributed by atoms with Crippen LogP contribution in [0.3, 0.4) is 0 Å². The Morgan fingerprint density at radius 1 is 1.41 bits per heavy atom. The molecule has 1 amide bonds. The van der Waals surface area contributed by atoms with Crippen LogP contribution >= 0.6 is 0 Å². The third-order valence-electron chi connectivity index (χ3n) is 3.21. The van der Waals surface area contributed by atoms with E-state index in [0.29, 0.717) is 0 Å². The average Bonchev–Trinajstić information content (AvgIpc) is 2.39. The highest BCUT2D eigenvalue weighted by molar-refractivity contribution is 5.76. The van der Waals surface area contributed by atoms with Crippen molar-refractivity contribution in [2.24, 2.45) is 0 Å². The predicted molar refractivity (Wildman–Crippen MR) is 70.5 cm³/mol. The summed E-state index contributed by atoms with van der Waals surface area (Å²) < 4.78 is 4.86. The molecule has 1 saturated heterocycles. The Bertz CT molecular complexity index is 409. The van der Waals surface area contributed by atoms with Gasteiger partial charge in [0.25, 0.3) is 5.79 Å². The molecular weight excluding hydrogens is 314 g/mol. The molecule has 0 bridgehead atoms. The first kappa shape index (κ1) is 21.5. The van der Waals surface area contributed by atoms with Gasteiger partial charge in [-0.25, -0.2) is 4.79 Å². The van der Waals surface area contributed by atoms with E-state index < -0.39 is 61.1 Å². The van der Waals surface area contributed by atoms with Crippen LogP contribution in [0.5, 0.6) is 0 Å². The smallest absolute Gasteiger partial charge is 0.364 e. The largest absolute Gasteiger partial charge is 0.477 e. The first-order valence-corrected chi connectivity index (χ1v) is 6.18. The minimum atomic E-state index is -2.78. The van der Waals surface area contributed by atoms with Gasteiger partial charge in [-0.1, -0.05) is 0 Å². The molecule has 1 fully saturated rings. The first-order chi connectivity index (χ1) is 9.62. The van der Waals surface area contributed by atoms with Gasteiger partial charge in [0.15, 0.2) is 0 Å². The Labute approximate surface area is 141 Å². The molecule has 7 N–H and O–H groups in total. The summed E-state index contributed by atoms with van der Waals surface area (Å²) in [5.41, 5.74) is 0. The summed E-state index contributed by atoms with van der Waals surface area (Å²) in [5, 5.41) is 59.0. The maximum absolute atomic E-state index is 11.1. The minimum absolute atomic E-state index is 0. The van der Waals surface area contributed by atoms with Crippen molar-refractivity contribution in [2.75, 3.05) is 6.61 Å². The lowest BCUT2D eigenvalue weighted by molar-refractivity contribution is -0.295. The number of amides is 1. The molecule has 6 atom stereocenters. The van der Waals surface area contributed by atoms with E-state index in [1.54, 1.807) is 0 Å². The van der Waals surface area contributed by atoms with Crippen molar-refractivity contribution in [3.8, 4) is 0 Å². The van der Waals surface area contributed by atoms with E-state index in [1.165, 1.54) is 0 Å². The number of hydrogen-bond acceptors (Lipinski definition) is 8. The number of aliphatic hydroxyl groups excluding tert-OH is 4. The molecule has 0 saturated carbocycles. The van der Waals surface area contributed by atoms with Gasteiger partial charge in [0.05, 0.1) is 18.8 Å². The maximum Gasteiger partial charge on any atom is 0.364 e. The molecule has 0 spiro atoms. The van der Waals surface area contributed by atoms with Crippen LogP contribution < -0.4 is 5.32 Å². The van der Waals surface area contributed by atoms with Crippen LogP contribution in [0, 0.1) is 0 Å². The SMILES string of the molecule is CC(=O)N[C@H]1[C@H]([C@H](O)[C@H](O)CO)O[C@](O)(C(=O)O)C[C@@H]1O.[Mg]. The van der Waals surface area contributed by atoms with E-state index in [4.69, 9.17) is 14.9 Å². The summed E-state index contributed by atoms with van der Waals surface area (Å²) in [6, 6.07) is -1.27. The van der Waals surface area contributed by atoms with Crippen molar-refractivity contribution in [3.63, 3.8) is 0 Å². The molecule has 22 heavy (non-hydrogen) atoms. The molecule has 1 rings (SSSR count). The van der Waals surface area contributed by atoms with E-state index in [2.05, 4.69) is 5.32 Å². The normalized spacial score (nSPS) is 34.2. The molecule has 2 radical (unpaired) electrons. The number of ether oxygens (including phenoxy) is 1. The number of carbonyl (C=O) groups is 2. The molecule has 10 nitrogen and oxygen atoms in total. The number of aliphatic hydroxyl groups is 5. The molecule has 0 aromatic carbocycles. The third kappa shape index (κ3) is 4.73. The minimum Gasteiger partial charge on any atom is -0.477 e. The van der Waals surface area contributed by atoms with Crippen molar-refractivity contribution in [1.82, 2.24) is 5.32 Å². The van der Waals surface area contributed by atoms with Crippen LogP contribution in [0.4, 0.5) is 0 Å². The summed E-state index contributed by atoms with van der Waals surface area (Å²) in [6.45, 7) is 0.256. The number of carboxylic acid groups (broad SMARTS) is 1. The maximum atomic E-state index is 11.1. The molecule has 0 aromatic heterocycles. The molecule has 1 heterocycles. The molecule has 0 aliphatic carbocycles. The van der Waals surface area contributed by atoms with Gasteiger partial charge in [-0.05, 0) is 0 Å². The lowest BCUT2D eigenvalue weighted by Crippen LogP contribution is -2.67. The van der Waals surface area contributed by atoms with E-state index in [1.807, 2.05) is 0 Å². The topological polar surface area (TPSA) is 177 Å². The van der Waals surface area contributed by atoms with Gasteiger partial charge in [0.2, 0.25) is 5.91 Å². The van der Waals surface area contributed by atoms with Gasteiger partial charge in [-0.3, -0.25) is 4.79 Å². The molecule has 1 aliphatic rings. The van der Waals surface area contributed by atoms with Gasteiger partial charge in [-0.15, -0.1) is 0 Å². The number of carbonyl (C=O) groups excluding carboxylic acids is 1. The number of nitrogens with one attached hydrogen (secondary N) is 1. The fourth-order valence-electron chi connectivity index (χ4n) is 2.14. The zero-order valence-electron chi connectivity index (χ0n) is 11.9. The summed E-state index contributed by atoms with van der Waals surface area (Å²) in [5.74, 6) is -5.17. The second-order valence-electron chi connectivity index (χ2n) is 4.91. The van der Waals surface area contributed by atoms with Crippen LogP contribution in [-0.4, -0.2) is 108 Å². The zero-order valence-corrected chi connectivity index (χ0v) is 13.3. The van der Waals surface area contributed by atoms with Crippen molar-refractivity contribution in [3.05, 3.63) is 0 Å². The van der Waals surface area contributed by atoms with Crippen LogP contribution in [0.1, 0.15) is 13.3 Å².